The molecule has 9 heteroatoms. The van der Waals surface area contributed by atoms with Crippen molar-refractivity contribution in [1.82, 2.24) is 20.1 Å². The SMILES string of the molecule is C[C@H]1CCN[C@@H]2Cn3cc(C(=O)NCc4ccc(F)cc4)c(=O)c(O)c3C(=O)N12. The number of aromatic hydroxyl groups is 1. The predicted octanol–water partition coefficient (Wildman–Crippen LogP) is 0.787. The fourth-order valence-electron chi connectivity index (χ4n) is 3.87. The van der Waals surface area contributed by atoms with Gasteiger partial charge in [0.25, 0.3) is 11.8 Å². The Bertz CT molecular complexity index is 1030. The molecule has 2 atom stereocenters. The number of carbonyl (C=O) groups excluding carboxylic acids is 2. The van der Waals surface area contributed by atoms with Crippen molar-refractivity contribution in [2.75, 3.05) is 6.54 Å². The van der Waals surface area contributed by atoms with Gasteiger partial charge >= 0.3 is 0 Å². The van der Waals surface area contributed by atoms with Gasteiger partial charge in [-0.05, 0) is 37.6 Å². The molecule has 0 unspecified atom stereocenters. The highest BCUT2D eigenvalue weighted by atomic mass is 19.1. The molecule has 0 radical (unpaired) electrons. The van der Waals surface area contributed by atoms with Gasteiger partial charge in [0.15, 0.2) is 11.4 Å². The highest BCUT2D eigenvalue weighted by Crippen LogP contribution is 2.27. The van der Waals surface area contributed by atoms with Crippen LogP contribution in [0.1, 0.15) is 39.8 Å². The van der Waals surface area contributed by atoms with E-state index in [-0.39, 0.29) is 35.8 Å². The van der Waals surface area contributed by atoms with Crippen molar-refractivity contribution in [2.24, 2.45) is 0 Å². The summed E-state index contributed by atoms with van der Waals surface area (Å²) < 4.78 is 14.4. The van der Waals surface area contributed by atoms with Crippen LogP contribution in [0.4, 0.5) is 4.39 Å². The van der Waals surface area contributed by atoms with Crippen LogP contribution in [0.2, 0.25) is 0 Å². The number of carbonyl (C=O) groups is 2. The van der Waals surface area contributed by atoms with E-state index in [9.17, 15) is 23.9 Å². The first-order valence-electron chi connectivity index (χ1n) is 9.42. The molecule has 1 saturated heterocycles. The molecule has 0 bridgehead atoms. The average molecular weight is 400 g/mol. The van der Waals surface area contributed by atoms with Crippen LogP contribution in [-0.4, -0.2) is 45.1 Å². The predicted molar refractivity (Wildman–Crippen MR) is 102 cm³/mol. The third-order valence-electron chi connectivity index (χ3n) is 5.43. The standard InChI is InChI=1S/C20H21FN4O4/c1-11-6-7-22-15-10-24-9-14(17(26)18(27)16(24)20(29)25(11)15)19(28)23-8-12-2-4-13(21)5-3-12/h2-5,9,11,15,22,27H,6-8,10H2,1H3,(H,23,28)/t11-,15-/m0/s1. The molecule has 8 nitrogen and oxygen atoms in total. The number of fused-ring (bicyclic) bond motifs is 2. The summed E-state index contributed by atoms with van der Waals surface area (Å²) in [5.41, 5.74) is -0.583. The van der Waals surface area contributed by atoms with Gasteiger partial charge in [0, 0.05) is 18.8 Å². The number of benzene rings is 1. The second-order valence-electron chi connectivity index (χ2n) is 7.35. The zero-order chi connectivity index (χ0) is 20.7. The largest absolute Gasteiger partial charge is 0.503 e. The van der Waals surface area contributed by atoms with Crippen molar-refractivity contribution in [2.45, 2.75) is 38.6 Å². The summed E-state index contributed by atoms with van der Waals surface area (Å²) in [6.07, 6.45) is 1.82. The summed E-state index contributed by atoms with van der Waals surface area (Å²) in [5.74, 6) is -2.22. The van der Waals surface area contributed by atoms with Crippen LogP contribution in [-0.2, 0) is 13.1 Å². The maximum atomic E-state index is 13.0. The smallest absolute Gasteiger partial charge is 0.276 e. The van der Waals surface area contributed by atoms with E-state index in [4.69, 9.17) is 0 Å². The number of rotatable bonds is 3. The number of hydrogen-bond acceptors (Lipinski definition) is 5. The summed E-state index contributed by atoms with van der Waals surface area (Å²) in [7, 11) is 0. The van der Waals surface area contributed by atoms with Crippen LogP contribution in [0.25, 0.3) is 0 Å². The third kappa shape index (κ3) is 3.38. The minimum Gasteiger partial charge on any atom is -0.503 e. The Hall–Kier alpha value is -3.20. The third-order valence-corrected chi connectivity index (χ3v) is 5.43. The molecule has 0 saturated carbocycles. The van der Waals surface area contributed by atoms with Crippen LogP contribution >= 0.6 is 0 Å². The van der Waals surface area contributed by atoms with Gasteiger partial charge in [-0.2, -0.15) is 0 Å². The van der Waals surface area contributed by atoms with E-state index in [0.717, 1.165) is 13.0 Å². The van der Waals surface area contributed by atoms with Gasteiger partial charge in [0.05, 0.1) is 6.54 Å². The first-order valence-corrected chi connectivity index (χ1v) is 9.42. The van der Waals surface area contributed by atoms with Gasteiger partial charge < -0.3 is 19.9 Å². The molecule has 1 fully saturated rings. The van der Waals surface area contributed by atoms with Crippen LogP contribution in [0.3, 0.4) is 0 Å². The van der Waals surface area contributed by atoms with E-state index < -0.39 is 23.0 Å². The maximum absolute atomic E-state index is 13.0. The van der Waals surface area contributed by atoms with Gasteiger partial charge in [0.2, 0.25) is 5.43 Å². The molecule has 29 heavy (non-hydrogen) atoms. The van der Waals surface area contributed by atoms with Crippen molar-refractivity contribution in [1.29, 1.82) is 0 Å². The molecule has 1 aromatic carbocycles. The first-order chi connectivity index (χ1) is 13.9. The van der Waals surface area contributed by atoms with Crippen LogP contribution in [0.5, 0.6) is 5.75 Å². The molecule has 2 aliphatic rings. The van der Waals surface area contributed by atoms with E-state index in [1.54, 1.807) is 4.90 Å². The Morgan fingerprint density at radius 3 is 2.76 bits per heavy atom. The van der Waals surface area contributed by atoms with Gasteiger partial charge in [-0.25, -0.2) is 4.39 Å². The molecular formula is C20H21FN4O4. The van der Waals surface area contributed by atoms with Crippen molar-refractivity contribution < 1.29 is 19.1 Å². The Balaban J connectivity index is 1.62. The van der Waals surface area contributed by atoms with E-state index in [2.05, 4.69) is 10.6 Å². The fraction of sp³-hybridized carbons (Fsp3) is 0.350. The molecule has 2 aliphatic heterocycles. The molecule has 2 amide bonds. The minimum absolute atomic E-state index is 0.0179. The number of hydrogen-bond donors (Lipinski definition) is 3. The molecule has 0 spiro atoms. The summed E-state index contributed by atoms with van der Waals surface area (Å²) in [5, 5.41) is 16.3. The zero-order valence-corrected chi connectivity index (χ0v) is 15.8. The van der Waals surface area contributed by atoms with E-state index in [1.807, 2.05) is 6.92 Å². The second kappa shape index (κ2) is 7.32. The topological polar surface area (TPSA) is 104 Å². The summed E-state index contributed by atoms with van der Waals surface area (Å²) in [6.45, 7) is 3.09. The Morgan fingerprint density at radius 1 is 1.31 bits per heavy atom. The minimum atomic E-state index is -0.891. The molecule has 152 valence electrons. The molecule has 1 aromatic heterocycles. The van der Waals surface area contributed by atoms with Gasteiger partial charge in [-0.3, -0.25) is 19.7 Å². The summed E-state index contributed by atoms with van der Waals surface area (Å²) in [4.78, 5) is 39.6. The number of halogens is 1. The fourth-order valence-corrected chi connectivity index (χ4v) is 3.87. The number of pyridine rings is 1. The van der Waals surface area contributed by atoms with Crippen LogP contribution in [0.15, 0.2) is 35.3 Å². The van der Waals surface area contributed by atoms with Crippen LogP contribution in [0, 0.1) is 5.82 Å². The lowest BCUT2D eigenvalue weighted by molar-refractivity contribution is 0.0302. The highest BCUT2D eigenvalue weighted by molar-refractivity contribution is 5.99. The van der Waals surface area contributed by atoms with Crippen molar-refractivity contribution in [3.05, 3.63) is 63.3 Å². The lowest BCUT2D eigenvalue weighted by Gasteiger charge is -2.45. The average Bonchev–Trinajstić information content (AvgIpc) is 2.69. The van der Waals surface area contributed by atoms with E-state index >= 15 is 0 Å². The molecule has 3 heterocycles. The quantitative estimate of drug-likeness (QED) is 0.707. The van der Waals surface area contributed by atoms with Gasteiger partial charge in [0.1, 0.15) is 17.5 Å². The number of nitrogens with zero attached hydrogens (tertiary/aromatic N) is 2. The Morgan fingerprint density at radius 2 is 2.03 bits per heavy atom. The van der Waals surface area contributed by atoms with Crippen LogP contribution < -0.4 is 16.1 Å². The number of aromatic nitrogens is 1. The van der Waals surface area contributed by atoms with Gasteiger partial charge in [-0.15, -0.1) is 0 Å². The van der Waals surface area contributed by atoms with Gasteiger partial charge in [-0.1, -0.05) is 12.1 Å². The molecule has 0 aliphatic carbocycles. The second-order valence-corrected chi connectivity index (χ2v) is 7.35. The molecule has 4 rings (SSSR count). The lowest BCUT2D eigenvalue weighted by Crippen LogP contribution is -2.62. The zero-order valence-electron chi connectivity index (χ0n) is 15.8. The Kier molecular flexibility index (Phi) is 4.83. The highest BCUT2D eigenvalue weighted by Gasteiger charge is 2.40. The lowest BCUT2D eigenvalue weighted by atomic mass is 10.0. The number of nitrogens with one attached hydrogen (secondary N) is 2. The molecule has 3 N–H and O–H groups in total. The van der Waals surface area contributed by atoms with Crippen molar-refractivity contribution in [3.63, 3.8) is 0 Å². The summed E-state index contributed by atoms with van der Waals surface area (Å²) in [6, 6.07) is 5.58. The molecule has 2 aromatic rings. The number of amides is 2. The molecular weight excluding hydrogens is 379 g/mol. The van der Waals surface area contributed by atoms with E-state index in [0.29, 0.717) is 12.1 Å². The van der Waals surface area contributed by atoms with Crippen molar-refractivity contribution in [3.8, 4) is 5.75 Å². The maximum Gasteiger partial charge on any atom is 0.276 e. The van der Waals surface area contributed by atoms with Crippen molar-refractivity contribution >= 4 is 11.8 Å². The van der Waals surface area contributed by atoms with E-state index in [1.165, 1.54) is 35.0 Å². The normalized spacial score (nSPS) is 20.8. The first kappa shape index (κ1) is 19.1. The summed E-state index contributed by atoms with van der Waals surface area (Å²) >= 11 is 0. The monoisotopic (exact) mass is 400 g/mol. The Labute approximate surface area is 165 Å².